The van der Waals surface area contributed by atoms with Crippen LogP contribution in [0.4, 0.5) is 0 Å². The second-order valence-electron chi connectivity index (χ2n) is 4.02. The van der Waals surface area contributed by atoms with E-state index in [0.29, 0.717) is 0 Å². The van der Waals surface area contributed by atoms with Gasteiger partial charge in [-0.3, -0.25) is 0 Å². The zero-order valence-corrected chi connectivity index (χ0v) is 9.71. The van der Waals surface area contributed by atoms with Crippen molar-refractivity contribution in [2.45, 2.75) is 59.4 Å². The molecule has 0 aliphatic carbocycles. The molecule has 0 saturated carbocycles. The number of nitrogens with zero attached hydrogens (tertiary/aromatic N) is 2. The third kappa shape index (κ3) is 3.17. The fraction of sp³-hybridized carbons (Fsp3) is 0.750. The maximum Gasteiger partial charge on any atom is 0.0951 e. The maximum absolute atomic E-state index is 4.29. The summed E-state index contributed by atoms with van der Waals surface area (Å²) in [5.74, 6) is 0. The molecule has 0 aliphatic rings. The highest BCUT2D eigenvalue weighted by molar-refractivity contribution is 5.08. The van der Waals surface area contributed by atoms with E-state index in [9.17, 15) is 0 Å². The monoisotopic (exact) mass is 194 g/mol. The lowest BCUT2D eigenvalue weighted by molar-refractivity contribution is 0.561. The number of unbranched alkanes of at least 4 members (excludes halogenated alkanes) is 4. The van der Waals surface area contributed by atoms with Crippen LogP contribution in [0.3, 0.4) is 0 Å². The highest BCUT2D eigenvalue weighted by atomic mass is 15.0. The summed E-state index contributed by atoms with van der Waals surface area (Å²) in [4.78, 5) is 4.29. The van der Waals surface area contributed by atoms with E-state index < -0.39 is 0 Å². The molecule has 0 spiro atoms. The Bertz CT molecular complexity index is 263. The summed E-state index contributed by atoms with van der Waals surface area (Å²) in [5.41, 5.74) is 2.49. The van der Waals surface area contributed by atoms with Gasteiger partial charge in [-0.05, 0) is 20.3 Å². The van der Waals surface area contributed by atoms with Gasteiger partial charge in [-0.25, -0.2) is 4.98 Å². The van der Waals surface area contributed by atoms with Crippen LogP contribution in [0.15, 0.2) is 6.33 Å². The van der Waals surface area contributed by atoms with Crippen LogP contribution < -0.4 is 0 Å². The first-order valence-electron chi connectivity index (χ1n) is 5.74. The van der Waals surface area contributed by atoms with E-state index in [1.807, 2.05) is 6.33 Å². The first kappa shape index (κ1) is 11.3. The van der Waals surface area contributed by atoms with Crippen molar-refractivity contribution in [1.82, 2.24) is 9.55 Å². The van der Waals surface area contributed by atoms with Crippen LogP contribution in [0, 0.1) is 13.8 Å². The quantitative estimate of drug-likeness (QED) is 0.634. The van der Waals surface area contributed by atoms with Gasteiger partial charge in [-0.2, -0.15) is 0 Å². The average Bonchev–Trinajstić information content (AvgIpc) is 2.49. The smallest absolute Gasteiger partial charge is 0.0951 e. The molecule has 0 unspecified atom stereocenters. The van der Waals surface area contributed by atoms with E-state index >= 15 is 0 Å². The standard InChI is InChI=1S/C12H22N2/c1-4-5-6-7-8-9-14-10-13-11(2)12(14)3/h10H,4-9H2,1-3H3. The summed E-state index contributed by atoms with van der Waals surface area (Å²) >= 11 is 0. The lowest BCUT2D eigenvalue weighted by Gasteiger charge is -2.04. The molecule has 0 amide bonds. The molecule has 0 atom stereocenters. The first-order chi connectivity index (χ1) is 6.75. The molecule has 0 saturated heterocycles. The number of aryl methyl sites for hydroxylation is 2. The summed E-state index contributed by atoms with van der Waals surface area (Å²) in [5, 5.41) is 0. The number of hydrogen-bond donors (Lipinski definition) is 0. The van der Waals surface area contributed by atoms with Crippen LogP contribution in [0.25, 0.3) is 0 Å². The molecule has 80 valence electrons. The van der Waals surface area contributed by atoms with Crippen LogP contribution >= 0.6 is 0 Å². The van der Waals surface area contributed by atoms with Crippen molar-refractivity contribution in [2.24, 2.45) is 0 Å². The van der Waals surface area contributed by atoms with Crippen molar-refractivity contribution < 1.29 is 0 Å². The Morgan fingerprint density at radius 1 is 1.14 bits per heavy atom. The van der Waals surface area contributed by atoms with E-state index in [0.717, 1.165) is 6.54 Å². The highest BCUT2D eigenvalue weighted by Gasteiger charge is 2.00. The topological polar surface area (TPSA) is 17.8 Å². The zero-order chi connectivity index (χ0) is 10.4. The van der Waals surface area contributed by atoms with Crippen LogP contribution in [-0.2, 0) is 6.54 Å². The van der Waals surface area contributed by atoms with Gasteiger partial charge < -0.3 is 4.57 Å². The number of imidazole rings is 1. The van der Waals surface area contributed by atoms with Gasteiger partial charge in [0.05, 0.1) is 12.0 Å². The van der Waals surface area contributed by atoms with E-state index in [-0.39, 0.29) is 0 Å². The van der Waals surface area contributed by atoms with E-state index in [1.165, 1.54) is 43.5 Å². The lowest BCUT2D eigenvalue weighted by atomic mass is 10.1. The van der Waals surface area contributed by atoms with Gasteiger partial charge in [-0.15, -0.1) is 0 Å². The first-order valence-corrected chi connectivity index (χ1v) is 5.74. The van der Waals surface area contributed by atoms with Gasteiger partial charge in [0.1, 0.15) is 0 Å². The lowest BCUT2D eigenvalue weighted by Crippen LogP contribution is -1.98. The SMILES string of the molecule is CCCCCCCn1cnc(C)c1C. The fourth-order valence-electron chi connectivity index (χ4n) is 1.66. The van der Waals surface area contributed by atoms with Gasteiger partial charge >= 0.3 is 0 Å². The van der Waals surface area contributed by atoms with Gasteiger partial charge in [0.2, 0.25) is 0 Å². The number of rotatable bonds is 6. The van der Waals surface area contributed by atoms with Gasteiger partial charge in [0, 0.05) is 12.2 Å². The molecule has 0 N–H and O–H groups in total. The molecule has 1 rings (SSSR count). The van der Waals surface area contributed by atoms with Crippen molar-refractivity contribution in [3.8, 4) is 0 Å². The average molecular weight is 194 g/mol. The predicted molar refractivity (Wildman–Crippen MR) is 60.5 cm³/mol. The van der Waals surface area contributed by atoms with Crippen LogP contribution in [0.1, 0.15) is 50.4 Å². The molecule has 1 heterocycles. The Labute approximate surface area is 87.4 Å². The molecule has 0 aromatic carbocycles. The van der Waals surface area contributed by atoms with Gasteiger partial charge in [0.25, 0.3) is 0 Å². The highest BCUT2D eigenvalue weighted by Crippen LogP contribution is 2.08. The minimum atomic E-state index is 1.14. The molecule has 1 aromatic rings. The summed E-state index contributed by atoms with van der Waals surface area (Å²) in [6, 6.07) is 0. The van der Waals surface area contributed by atoms with Crippen LogP contribution in [0.2, 0.25) is 0 Å². The number of hydrogen-bond acceptors (Lipinski definition) is 1. The van der Waals surface area contributed by atoms with Gasteiger partial charge in [-0.1, -0.05) is 32.6 Å². The Morgan fingerprint density at radius 2 is 1.86 bits per heavy atom. The van der Waals surface area contributed by atoms with Crippen molar-refractivity contribution >= 4 is 0 Å². The summed E-state index contributed by atoms with van der Waals surface area (Å²) in [7, 11) is 0. The van der Waals surface area contributed by atoms with E-state index in [4.69, 9.17) is 0 Å². The second kappa shape index (κ2) is 5.84. The van der Waals surface area contributed by atoms with E-state index in [2.05, 4.69) is 30.3 Å². The van der Waals surface area contributed by atoms with E-state index in [1.54, 1.807) is 0 Å². The second-order valence-corrected chi connectivity index (χ2v) is 4.02. The van der Waals surface area contributed by atoms with Crippen molar-refractivity contribution in [3.05, 3.63) is 17.7 Å². The Morgan fingerprint density at radius 3 is 2.43 bits per heavy atom. The molecule has 0 aliphatic heterocycles. The molecule has 14 heavy (non-hydrogen) atoms. The third-order valence-corrected chi connectivity index (χ3v) is 2.85. The Kier molecular flexibility index (Phi) is 4.71. The van der Waals surface area contributed by atoms with Crippen molar-refractivity contribution in [1.29, 1.82) is 0 Å². The molecule has 2 nitrogen and oxygen atoms in total. The Hall–Kier alpha value is -0.790. The summed E-state index contributed by atoms with van der Waals surface area (Å²) in [6.07, 6.45) is 8.68. The van der Waals surface area contributed by atoms with Crippen LogP contribution in [-0.4, -0.2) is 9.55 Å². The summed E-state index contributed by atoms with van der Waals surface area (Å²) in [6.45, 7) is 7.61. The minimum absolute atomic E-state index is 1.14. The largest absolute Gasteiger partial charge is 0.335 e. The molecule has 0 fully saturated rings. The summed E-state index contributed by atoms with van der Waals surface area (Å²) < 4.78 is 2.27. The number of aromatic nitrogens is 2. The molecule has 0 bridgehead atoms. The molecule has 1 aromatic heterocycles. The molecular weight excluding hydrogens is 172 g/mol. The zero-order valence-electron chi connectivity index (χ0n) is 9.71. The maximum atomic E-state index is 4.29. The molecule has 2 heteroatoms. The molecule has 0 radical (unpaired) electrons. The van der Waals surface area contributed by atoms with Gasteiger partial charge in [0.15, 0.2) is 0 Å². The Balaban J connectivity index is 2.21. The normalized spacial score (nSPS) is 10.8. The molecular formula is C12H22N2. The minimum Gasteiger partial charge on any atom is -0.335 e. The third-order valence-electron chi connectivity index (χ3n) is 2.85. The fourth-order valence-corrected chi connectivity index (χ4v) is 1.66. The van der Waals surface area contributed by atoms with Crippen molar-refractivity contribution in [3.63, 3.8) is 0 Å². The van der Waals surface area contributed by atoms with Crippen molar-refractivity contribution in [2.75, 3.05) is 0 Å². The van der Waals surface area contributed by atoms with Crippen LogP contribution in [0.5, 0.6) is 0 Å². The predicted octanol–water partition coefficient (Wildman–Crippen LogP) is 3.47.